The van der Waals surface area contributed by atoms with Crippen molar-refractivity contribution in [2.45, 2.75) is 44.8 Å². The number of amides is 2. The van der Waals surface area contributed by atoms with Crippen molar-refractivity contribution >= 4 is 6.03 Å². The van der Waals surface area contributed by atoms with Crippen molar-refractivity contribution < 1.29 is 14.1 Å². The van der Waals surface area contributed by atoms with Crippen LogP contribution in [0, 0.1) is 12.8 Å². The molecule has 8 nitrogen and oxygen atoms in total. The van der Waals surface area contributed by atoms with E-state index in [4.69, 9.17) is 9.26 Å². The van der Waals surface area contributed by atoms with Crippen LogP contribution >= 0.6 is 0 Å². The monoisotopic (exact) mass is 359 g/mol. The first-order valence-corrected chi connectivity index (χ1v) is 9.13. The molecule has 2 fully saturated rings. The highest BCUT2D eigenvalue weighted by Gasteiger charge is 2.36. The summed E-state index contributed by atoms with van der Waals surface area (Å²) in [6, 6.07) is 2.23. The van der Waals surface area contributed by atoms with E-state index >= 15 is 0 Å². The Morgan fingerprint density at radius 1 is 1.42 bits per heavy atom. The molecule has 3 heterocycles. The maximum absolute atomic E-state index is 12.9. The molecule has 0 radical (unpaired) electrons. The third kappa shape index (κ3) is 3.90. The van der Waals surface area contributed by atoms with Crippen molar-refractivity contribution in [1.29, 1.82) is 0 Å². The van der Waals surface area contributed by atoms with Crippen molar-refractivity contribution in [1.82, 2.24) is 25.2 Å². The third-order valence-corrected chi connectivity index (χ3v) is 5.01. The predicted molar refractivity (Wildman–Crippen MR) is 93.3 cm³/mol. The van der Waals surface area contributed by atoms with Gasteiger partial charge in [0, 0.05) is 43.3 Å². The Bertz CT molecular complexity index is 766. The number of nitrogens with zero attached hydrogens (tertiary/aromatic N) is 4. The number of carbonyl (C=O) groups is 1. The van der Waals surface area contributed by atoms with Gasteiger partial charge in [0.1, 0.15) is 5.76 Å². The van der Waals surface area contributed by atoms with E-state index in [9.17, 15) is 4.79 Å². The summed E-state index contributed by atoms with van der Waals surface area (Å²) in [5, 5.41) is 11.3. The zero-order valence-corrected chi connectivity index (χ0v) is 15.2. The normalized spacial score (nSPS) is 22.5. The highest BCUT2D eigenvalue weighted by atomic mass is 16.5. The summed E-state index contributed by atoms with van der Waals surface area (Å²) < 4.78 is 12.7. The molecule has 2 aliphatic rings. The van der Waals surface area contributed by atoms with Crippen LogP contribution in [0.3, 0.4) is 0 Å². The van der Waals surface area contributed by atoms with E-state index in [0.717, 1.165) is 36.3 Å². The maximum Gasteiger partial charge on any atom is 0.318 e. The molecule has 0 spiro atoms. The summed E-state index contributed by atoms with van der Waals surface area (Å²) >= 11 is 0. The number of hydrogen-bond donors (Lipinski definition) is 1. The highest BCUT2D eigenvalue weighted by Crippen LogP contribution is 2.29. The molecular weight excluding hydrogens is 334 g/mol. The van der Waals surface area contributed by atoms with Gasteiger partial charge in [0.25, 0.3) is 0 Å². The van der Waals surface area contributed by atoms with Gasteiger partial charge in [-0.1, -0.05) is 5.16 Å². The summed E-state index contributed by atoms with van der Waals surface area (Å²) in [6.45, 7) is 3.65. The van der Waals surface area contributed by atoms with Crippen LogP contribution in [0.1, 0.15) is 29.9 Å². The van der Waals surface area contributed by atoms with E-state index in [1.807, 2.05) is 37.3 Å². The van der Waals surface area contributed by atoms with Crippen LogP contribution in [0.4, 0.5) is 4.79 Å². The zero-order chi connectivity index (χ0) is 18.1. The number of carbonyl (C=O) groups excluding carboxylic acids is 1. The number of nitrogens with one attached hydrogen (secondary N) is 1. The van der Waals surface area contributed by atoms with Crippen molar-refractivity contribution in [3.8, 4) is 0 Å². The molecule has 2 amide bonds. The van der Waals surface area contributed by atoms with Crippen LogP contribution < -0.4 is 5.32 Å². The molecule has 2 aromatic heterocycles. The smallest absolute Gasteiger partial charge is 0.318 e. The Labute approximate surface area is 152 Å². The summed E-state index contributed by atoms with van der Waals surface area (Å²) in [5.41, 5.74) is 1.92. The molecule has 1 N–H and O–H groups in total. The Morgan fingerprint density at radius 2 is 2.27 bits per heavy atom. The Kier molecular flexibility index (Phi) is 4.67. The Morgan fingerprint density at radius 3 is 2.92 bits per heavy atom. The molecule has 4 rings (SSSR count). The molecule has 1 aliphatic heterocycles. The largest absolute Gasteiger partial charge is 0.379 e. The molecule has 140 valence electrons. The average molecular weight is 359 g/mol. The fourth-order valence-corrected chi connectivity index (χ4v) is 3.47. The first-order chi connectivity index (χ1) is 12.6. The summed E-state index contributed by atoms with van der Waals surface area (Å²) in [7, 11) is 1.89. The van der Waals surface area contributed by atoms with E-state index in [0.29, 0.717) is 25.8 Å². The molecule has 0 bridgehead atoms. The SMILES string of the molecule is Cc1cc(CC2COCC2NC(=O)N(Cc2cnn(C)c2)C2CC2)on1. The van der Waals surface area contributed by atoms with Gasteiger partial charge < -0.3 is 19.5 Å². The van der Waals surface area contributed by atoms with Gasteiger partial charge in [-0.25, -0.2) is 4.79 Å². The van der Waals surface area contributed by atoms with Crippen LogP contribution in [-0.2, 0) is 24.8 Å². The second-order valence-corrected chi connectivity index (χ2v) is 7.37. The minimum atomic E-state index is -0.0226. The number of rotatable bonds is 6. The minimum absolute atomic E-state index is 0.0111. The van der Waals surface area contributed by atoms with Crippen molar-refractivity contribution in [2.75, 3.05) is 13.2 Å². The third-order valence-electron chi connectivity index (χ3n) is 5.01. The molecular formula is C18H25N5O3. The van der Waals surface area contributed by atoms with Crippen molar-refractivity contribution in [3.05, 3.63) is 35.5 Å². The fraction of sp³-hybridized carbons (Fsp3) is 0.611. The van der Waals surface area contributed by atoms with Gasteiger partial charge >= 0.3 is 6.03 Å². The molecule has 2 atom stereocenters. The van der Waals surface area contributed by atoms with Gasteiger partial charge in [0.15, 0.2) is 0 Å². The topological polar surface area (TPSA) is 85.4 Å². The zero-order valence-electron chi connectivity index (χ0n) is 15.2. The molecule has 1 saturated carbocycles. The molecule has 1 aliphatic carbocycles. The van der Waals surface area contributed by atoms with E-state index in [1.165, 1.54) is 0 Å². The number of aromatic nitrogens is 3. The first-order valence-electron chi connectivity index (χ1n) is 9.13. The number of hydrogen-bond acceptors (Lipinski definition) is 5. The van der Waals surface area contributed by atoms with Crippen molar-refractivity contribution in [2.24, 2.45) is 13.0 Å². The minimum Gasteiger partial charge on any atom is -0.379 e. The summed E-state index contributed by atoms with van der Waals surface area (Å²) in [6.07, 6.45) is 6.62. The Hall–Kier alpha value is -2.35. The molecule has 26 heavy (non-hydrogen) atoms. The van der Waals surface area contributed by atoms with Crippen LogP contribution in [0.15, 0.2) is 23.0 Å². The van der Waals surface area contributed by atoms with Gasteiger partial charge in [-0.15, -0.1) is 0 Å². The second-order valence-electron chi connectivity index (χ2n) is 7.37. The predicted octanol–water partition coefficient (Wildman–Crippen LogP) is 1.65. The molecule has 2 aromatic rings. The van der Waals surface area contributed by atoms with Crippen LogP contribution in [0.5, 0.6) is 0 Å². The van der Waals surface area contributed by atoms with E-state index in [1.54, 1.807) is 4.68 Å². The highest BCUT2D eigenvalue weighted by molar-refractivity contribution is 5.75. The lowest BCUT2D eigenvalue weighted by Gasteiger charge is -2.26. The van der Waals surface area contributed by atoms with Crippen LogP contribution in [0.25, 0.3) is 0 Å². The number of aryl methyl sites for hydroxylation is 2. The van der Waals surface area contributed by atoms with Crippen LogP contribution in [-0.4, -0.2) is 51.2 Å². The molecule has 2 unspecified atom stereocenters. The second kappa shape index (κ2) is 7.11. The van der Waals surface area contributed by atoms with E-state index < -0.39 is 0 Å². The molecule has 0 aromatic carbocycles. The number of ether oxygens (including phenoxy) is 1. The van der Waals surface area contributed by atoms with Gasteiger partial charge in [0.05, 0.1) is 37.7 Å². The summed E-state index contributed by atoms with van der Waals surface area (Å²) in [4.78, 5) is 14.8. The first kappa shape index (κ1) is 17.1. The fourth-order valence-electron chi connectivity index (χ4n) is 3.47. The lowest BCUT2D eigenvalue weighted by molar-refractivity contribution is 0.173. The van der Waals surface area contributed by atoms with Gasteiger partial charge in [-0.3, -0.25) is 4.68 Å². The van der Waals surface area contributed by atoms with Gasteiger partial charge in [-0.2, -0.15) is 5.10 Å². The van der Waals surface area contributed by atoms with E-state index in [2.05, 4.69) is 15.6 Å². The lowest BCUT2D eigenvalue weighted by Crippen LogP contribution is -2.48. The van der Waals surface area contributed by atoms with Crippen molar-refractivity contribution in [3.63, 3.8) is 0 Å². The lowest BCUT2D eigenvalue weighted by atomic mass is 9.98. The maximum atomic E-state index is 12.9. The number of urea groups is 1. The summed E-state index contributed by atoms with van der Waals surface area (Å²) in [5.74, 6) is 1.04. The molecule has 8 heteroatoms. The van der Waals surface area contributed by atoms with Crippen LogP contribution in [0.2, 0.25) is 0 Å². The van der Waals surface area contributed by atoms with Gasteiger partial charge in [-0.05, 0) is 19.8 Å². The van der Waals surface area contributed by atoms with E-state index in [-0.39, 0.29) is 18.0 Å². The molecule has 1 saturated heterocycles. The standard InChI is InChI=1S/C18H25N5O3/c1-12-5-16(26-21-12)6-14-10-25-11-17(14)20-18(24)23(15-3-4-15)9-13-7-19-22(2)8-13/h5,7-8,14-15,17H,3-4,6,9-11H2,1-2H3,(H,20,24). The quantitative estimate of drug-likeness (QED) is 0.848. The van der Waals surface area contributed by atoms with Gasteiger partial charge in [0.2, 0.25) is 0 Å². The Balaban J connectivity index is 1.38. The average Bonchev–Trinajstić information content (AvgIpc) is 3.00.